The standard InChI is InChI=1S/C22H21FN4O3S/c1-14-10-16(13-25-18(14)12-24)26-20(28)22(6-3-7-22)27(21(26)31)15-4-5-19(17(23)11-15)30-9-8-29-2/h4-5,10-11,13H,3,6-9H2,1-2H3. The second kappa shape index (κ2) is 8.21. The summed E-state index contributed by atoms with van der Waals surface area (Å²) in [4.78, 5) is 20.8. The van der Waals surface area contributed by atoms with Crippen LogP contribution in [0.5, 0.6) is 5.75 Å². The molecule has 1 amide bonds. The lowest BCUT2D eigenvalue weighted by Crippen LogP contribution is -2.55. The second-order valence-electron chi connectivity index (χ2n) is 7.57. The number of methoxy groups -OCH3 is 1. The number of carbonyl (C=O) groups is 1. The summed E-state index contributed by atoms with van der Waals surface area (Å²) in [6.07, 6.45) is 3.60. The molecule has 7 nitrogen and oxygen atoms in total. The Kier molecular flexibility index (Phi) is 5.60. The van der Waals surface area contributed by atoms with E-state index in [2.05, 4.69) is 4.98 Å². The van der Waals surface area contributed by atoms with E-state index >= 15 is 0 Å². The molecular formula is C22H21FN4O3S. The molecule has 2 fully saturated rings. The van der Waals surface area contributed by atoms with Gasteiger partial charge in [-0.2, -0.15) is 5.26 Å². The minimum atomic E-state index is -0.830. The quantitative estimate of drug-likeness (QED) is 0.503. The van der Waals surface area contributed by atoms with Crippen LogP contribution >= 0.6 is 12.2 Å². The van der Waals surface area contributed by atoms with E-state index in [1.165, 1.54) is 23.2 Å². The maximum Gasteiger partial charge on any atom is 0.259 e. The molecule has 1 aliphatic carbocycles. The number of nitrogens with zero attached hydrogens (tertiary/aromatic N) is 4. The van der Waals surface area contributed by atoms with Crippen molar-refractivity contribution in [3.63, 3.8) is 0 Å². The first-order valence-corrected chi connectivity index (χ1v) is 10.3. The number of amides is 1. The molecule has 2 aliphatic rings. The number of halogens is 1. The smallest absolute Gasteiger partial charge is 0.259 e. The summed E-state index contributed by atoms with van der Waals surface area (Å²) in [6.45, 7) is 2.34. The van der Waals surface area contributed by atoms with Crippen LogP contribution in [0.15, 0.2) is 30.5 Å². The van der Waals surface area contributed by atoms with Crippen molar-refractivity contribution in [1.29, 1.82) is 5.26 Å². The van der Waals surface area contributed by atoms with Gasteiger partial charge in [0.2, 0.25) is 0 Å². The Bertz CT molecular complexity index is 1100. The Balaban J connectivity index is 1.69. The Hall–Kier alpha value is -3.09. The predicted octanol–water partition coefficient (Wildman–Crippen LogP) is 3.49. The van der Waals surface area contributed by atoms with Gasteiger partial charge in [-0.1, -0.05) is 0 Å². The van der Waals surface area contributed by atoms with Gasteiger partial charge in [-0.05, 0) is 62.2 Å². The van der Waals surface area contributed by atoms with E-state index in [0.29, 0.717) is 42.1 Å². The van der Waals surface area contributed by atoms with Gasteiger partial charge in [0.25, 0.3) is 5.91 Å². The number of aryl methyl sites for hydroxylation is 1. The van der Waals surface area contributed by atoms with Crippen molar-refractivity contribution in [2.24, 2.45) is 0 Å². The van der Waals surface area contributed by atoms with Crippen LogP contribution in [-0.2, 0) is 9.53 Å². The topological polar surface area (TPSA) is 78.7 Å². The fraction of sp³-hybridized carbons (Fsp3) is 0.364. The van der Waals surface area contributed by atoms with Crippen molar-refractivity contribution in [1.82, 2.24) is 4.98 Å². The normalized spacial score (nSPS) is 17.1. The van der Waals surface area contributed by atoms with Crippen molar-refractivity contribution in [2.45, 2.75) is 31.7 Å². The fourth-order valence-corrected chi connectivity index (χ4v) is 4.46. The van der Waals surface area contributed by atoms with Gasteiger partial charge in [0.15, 0.2) is 16.7 Å². The van der Waals surface area contributed by atoms with Crippen LogP contribution in [0.1, 0.15) is 30.5 Å². The molecule has 1 aliphatic heterocycles. The van der Waals surface area contributed by atoms with Crippen LogP contribution in [-0.4, -0.2) is 41.9 Å². The highest BCUT2D eigenvalue weighted by Crippen LogP contribution is 2.48. The highest BCUT2D eigenvalue weighted by atomic mass is 32.1. The lowest BCUT2D eigenvalue weighted by atomic mass is 9.75. The monoisotopic (exact) mass is 440 g/mol. The van der Waals surface area contributed by atoms with Gasteiger partial charge in [-0.3, -0.25) is 9.69 Å². The molecule has 2 heterocycles. The number of hydrogen-bond acceptors (Lipinski definition) is 6. The Morgan fingerprint density at radius 1 is 1.29 bits per heavy atom. The van der Waals surface area contributed by atoms with E-state index in [0.717, 1.165) is 6.42 Å². The number of thiocarbonyl (C=S) groups is 1. The summed E-state index contributed by atoms with van der Waals surface area (Å²) in [6, 6.07) is 8.32. The molecule has 0 unspecified atom stereocenters. The molecule has 160 valence electrons. The first-order chi connectivity index (χ1) is 14.9. The van der Waals surface area contributed by atoms with E-state index in [9.17, 15) is 9.18 Å². The molecule has 0 N–H and O–H groups in total. The molecule has 9 heteroatoms. The zero-order valence-corrected chi connectivity index (χ0v) is 18.0. The zero-order chi connectivity index (χ0) is 22.2. The lowest BCUT2D eigenvalue weighted by molar-refractivity contribution is -0.123. The van der Waals surface area contributed by atoms with Gasteiger partial charge in [-0.15, -0.1) is 0 Å². The molecular weight excluding hydrogens is 419 g/mol. The molecule has 1 saturated heterocycles. The maximum absolute atomic E-state index is 14.7. The third-order valence-electron chi connectivity index (χ3n) is 5.74. The summed E-state index contributed by atoms with van der Waals surface area (Å²) in [5.41, 5.74) is 1.11. The highest BCUT2D eigenvalue weighted by Gasteiger charge is 2.59. The highest BCUT2D eigenvalue weighted by molar-refractivity contribution is 7.81. The van der Waals surface area contributed by atoms with Crippen LogP contribution in [0, 0.1) is 24.1 Å². The maximum atomic E-state index is 14.7. The number of nitriles is 1. The zero-order valence-electron chi connectivity index (χ0n) is 17.2. The molecule has 1 saturated carbocycles. The van der Waals surface area contributed by atoms with Crippen LogP contribution in [0.25, 0.3) is 0 Å². The van der Waals surface area contributed by atoms with Gasteiger partial charge in [-0.25, -0.2) is 9.37 Å². The molecule has 4 rings (SSSR count). The molecule has 31 heavy (non-hydrogen) atoms. The van der Waals surface area contributed by atoms with E-state index in [4.69, 9.17) is 27.0 Å². The summed E-state index contributed by atoms with van der Waals surface area (Å²) in [7, 11) is 1.54. The van der Waals surface area contributed by atoms with Gasteiger partial charge in [0.1, 0.15) is 23.9 Å². The third-order valence-corrected chi connectivity index (χ3v) is 6.10. The molecule has 2 aromatic rings. The number of benzene rings is 1. The van der Waals surface area contributed by atoms with Gasteiger partial charge in [0, 0.05) is 18.9 Å². The number of rotatable bonds is 6. The van der Waals surface area contributed by atoms with Gasteiger partial charge >= 0.3 is 0 Å². The van der Waals surface area contributed by atoms with Crippen LogP contribution in [0.4, 0.5) is 15.8 Å². The Morgan fingerprint density at radius 3 is 2.65 bits per heavy atom. The number of pyridine rings is 1. The number of anilines is 2. The number of ether oxygens (including phenoxy) is 2. The average Bonchev–Trinajstić information content (AvgIpc) is 2.96. The van der Waals surface area contributed by atoms with Crippen molar-refractivity contribution in [3.8, 4) is 11.8 Å². The fourth-order valence-electron chi connectivity index (χ4n) is 3.99. The van der Waals surface area contributed by atoms with Crippen LogP contribution in [0.2, 0.25) is 0 Å². The SMILES string of the molecule is COCCOc1ccc(N2C(=S)N(c3cnc(C#N)c(C)c3)C(=O)C23CCC3)cc1F. The first kappa shape index (κ1) is 21.2. The molecule has 1 aromatic heterocycles. The second-order valence-corrected chi connectivity index (χ2v) is 7.94. The van der Waals surface area contributed by atoms with Crippen molar-refractivity contribution < 1.29 is 18.7 Å². The first-order valence-electron chi connectivity index (χ1n) is 9.90. The van der Waals surface area contributed by atoms with Crippen molar-refractivity contribution in [2.75, 3.05) is 30.1 Å². The van der Waals surface area contributed by atoms with Crippen LogP contribution < -0.4 is 14.5 Å². The average molecular weight is 441 g/mol. The Labute approximate surface area is 185 Å². The summed E-state index contributed by atoms with van der Waals surface area (Å²) in [5.74, 6) is -0.577. The largest absolute Gasteiger partial charge is 0.488 e. The van der Waals surface area contributed by atoms with E-state index in [-0.39, 0.29) is 23.4 Å². The van der Waals surface area contributed by atoms with Crippen LogP contribution in [0.3, 0.4) is 0 Å². The van der Waals surface area contributed by atoms with Crippen molar-refractivity contribution >= 4 is 34.6 Å². The minimum absolute atomic E-state index is 0.115. The van der Waals surface area contributed by atoms with E-state index in [1.807, 2.05) is 6.07 Å². The van der Waals surface area contributed by atoms with Crippen molar-refractivity contribution in [3.05, 3.63) is 47.5 Å². The number of aromatic nitrogens is 1. The van der Waals surface area contributed by atoms with E-state index < -0.39 is 11.4 Å². The molecule has 1 aromatic carbocycles. The third kappa shape index (κ3) is 3.42. The lowest BCUT2D eigenvalue weighted by Gasteiger charge is -2.43. The number of hydrogen-bond donors (Lipinski definition) is 0. The molecule has 0 bridgehead atoms. The number of carbonyl (C=O) groups excluding carboxylic acids is 1. The molecule has 0 radical (unpaired) electrons. The van der Waals surface area contributed by atoms with Gasteiger partial charge < -0.3 is 14.4 Å². The molecule has 1 spiro atoms. The Morgan fingerprint density at radius 2 is 2.06 bits per heavy atom. The minimum Gasteiger partial charge on any atom is -0.488 e. The predicted molar refractivity (Wildman–Crippen MR) is 117 cm³/mol. The van der Waals surface area contributed by atoms with Gasteiger partial charge in [0.05, 0.1) is 18.5 Å². The summed E-state index contributed by atoms with van der Waals surface area (Å²) in [5, 5.41) is 9.40. The van der Waals surface area contributed by atoms with E-state index in [1.54, 1.807) is 31.1 Å². The molecule has 0 atom stereocenters. The summed E-state index contributed by atoms with van der Waals surface area (Å²) < 4.78 is 25.0. The summed E-state index contributed by atoms with van der Waals surface area (Å²) >= 11 is 5.69.